The summed E-state index contributed by atoms with van der Waals surface area (Å²) in [4.78, 5) is 13.3. The Balaban J connectivity index is 1.60. The molecule has 5 rings (SSSR count). The molecule has 0 heterocycles. The maximum Gasteiger partial charge on any atom is 0.404 e. The topological polar surface area (TPSA) is 87.0 Å². The number of allylic oxidation sites excluding steroid dienone is 3. The van der Waals surface area contributed by atoms with E-state index in [-0.39, 0.29) is 51.3 Å². The molecule has 0 spiro atoms. The van der Waals surface area contributed by atoms with Crippen molar-refractivity contribution in [1.29, 1.82) is 5.26 Å². The molecule has 0 saturated heterocycles. The number of nitrogens with one attached hydrogen (secondary N) is 1. The first kappa shape index (κ1) is 31.8. The van der Waals surface area contributed by atoms with E-state index in [4.69, 9.17) is 0 Å². The molecule has 0 aromatic heterocycles. The zero-order valence-electron chi connectivity index (χ0n) is 26.2. The van der Waals surface area contributed by atoms with Crippen molar-refractivity contribution in [3.8, 4) is 6.07 Å². The zero-order valence-corrected chi connectivity index (χ0v) is 27.0. The van der Waals surface area contributed by atoms with E-state index >= 15 is 0 Å². The van der Waals surface area contributed by atoms with Crippen LogP contribution >= 0.6 is 0 Å². The van der Waals surface area contributed by atoms with E-state index in [0.717, 1.165) is 24.8 Å². The maximum atomic E-state index is 13.3. The minimum atomic E-state index is -4.82. The van der Waals surface area contributed by atoms with Crippen molar-refractivity contribution in [3.63, 3.8) is 0 Å². The summed E-state index contributed by atoms with van der Waals surface area (Å²) < 4.78 is 68.5. The SMILES string of the molecule is C=C1C[C@@H]2[C@@]3(C)C=C(C#N)C(=O)C(C)(C)[C@@H]3CC[C@@]2(C)[C@]2(C)CC[C@@]3(NS(=O)(=O)CC(F)(F)F)CCC(C)(C)CC3C12. The van der Waals surface area contributed by atoms with Crippen molar-refractivity contribution in [2.24, 2.45) is 50.7 Å². The van der Waals surface area contributed by atoms with Crippen LogP contribution in [0, 0.1) is 62.1 Å². The van der Waals surface area contributed by atoms with Crippen LogP contribution in [0.1, 0.15) is 99.8 Å². The lowest BCUT2D eigenvalue weighted by atomic mass is 9.32. The molecule has 4 fully saturated rings. The molecule has 0 amide bonds. The van der Waals surface area contributed by atoms with Gasteiger partial charge in [-0.15, -0.1) is 0 Å². The van der Waals surface area contributed by atoms with E-state index in [1.807, 2.05) is 19.9 Å². The second-order valence-electron chi connectivity index (χ2n) is 16.5. The summed E-state index contributed by atoms with van der Waals surface area (Å²) in [5.41, 5.74) is -1.30. The number of Topliss-reactive ketones (excluding diaryl/α,β-unsaturated/α-hetero) is 1. The molecular weight excluding hydrogens is 561 g/mol. The summed E-state index contributed by atoms with van der Waals surface area (Å²) in [6.45, 7) is 19.8. The van der Waals surface area contributed by atoms with E-state index in [1.165, 1.54) is 0 Å². The number of hydrogen-bond donors (Lipinski definition) is 1. The Morgan fingerprint density at radius 1 is 1.00 bits per heavy atom. The van der Waals surface area contributed by atoms with Crippen LogP contribution in [0.4, 0.5) is 13.2 Å². The largest absolute Gasteiger partial charge is 0.404 e. The van der Waals surface area contributed by atoms with Crippen LogP contribution in [0.2, 0.25) is 0 Å². The molecule has 0 bridgehead atoms. The Morgan fingerprint density at radius 3 is 2.21 bits per heavy atom. The molecule has 0 aromatic carbocycles. The summed E-state index contributed by atoms with van der Waals surface area (Å²) in [6.07, 6.45) is 2.66. The van der Waals surface area contributed by atoms with Gasteiger partial charge in [0.15, 0.2) is 11.5 Å². The van der Waals surface area contributed by atoms with Gasteiger partial charge in [0.25, 0.3) is 0 Å². The van der Waals surface area contributed by atoms with Gasteiger partial charge in [-0.05, 0) is 96.7 Å². The molecular formula is C33H47F3N2O3S. The van der Waals surface area contributed by atoms with Gasteiger partial charge < -0.3 is 0 Å². The van der Waals surface area contributed by atoms with E-state index in [0.29, 0.717) is 32.1 Å². The van der Waals surface area contributed by atoms with Crippen molar-refractivity contribution < 1.29 is 26.4 Å². The van der Waals surface area contributed by atoms with Crippen LogP contribution in [0.15, 0.2) is 23.8 Å². The molecule has 5 aliphatic carbocycles. The summed E-state index contributed by atoms with van der Waals surface area (Å²) in [7, 11) is -4.60. The molecule has 0 aromatic rings. The summed E-state index contributed by atoms with van der Waals surface area (Å²) in [5.74, 6) is -1.99. The molecule has 5 aliphatic rings. The standard InChI is InChI=1S/C33H47F3N2O3S/c1-20-15-24-29(6)16-21(18-37)26(39)28(4,5)23(29)9-10-30(24,7)31(8)12-14-32(38-42(40,41)19-33(34,35)36)13-11-27(2,3)17-22(32)25(20)31/h16,22-25,38H,1,9-15,17,19H2,2-8H3/t22?,23-,24+,25?,29-,30+,31+,32-/m0/s1. The molecule has 9 heteroatoms. The van der Waals surface area contributed by atoms with Crippen molar-refractivity contribution in [1.82, 2.24) is 4.72 Å². The molecule has 234 valence electrons. The fourth-order valence-corrected chi connectivity index (χ4v) is 12.7. The van der Waals surface area contributed by atoms with Crippen molar-refractivity contribution >= 4 is 15.8 Å². The number of nitriles is 1. The third-order valence-electron chi connectivity index (χ3n) is 13.3. The van der Waals surface area contributed by atoms with Gasteiger partial charge in [0, 0.05) is 11.0 Å². The molecule has 1 N–H and O–H groups in total. The number of alkyl halides is 3. The van der Waals surface area contributed by atoms with Crippen LogP contribution in [0.3, 0.4) is 0 Å². The number of ketones is 1. The minimum absolute atomic E-state index is 0.0570. The third kappa shape index (κ3) is 4.47. The van der Waals surface area contributed by atoms with Crippen LogP contribution in [-0.2, 0) is 14.8 Å². The second-order valence-corrected chi connectivity index (χ2v) is 18.2. The first-order valence-corrected chi connectivity index (χ1v) is 17.1. The monoisotopic (exact) mass is 608 g/mol. The normalized spacial score (nSPS) is 44.5. The lowest BCUT2D eigenvalue weighted by Crippen LogP contribution is -2.70. The number of sulfonamides is 1. The van der Waals surface area contributed by atoms with E-state index < -0.39 is 38.3 Å². The van der Waals surface area contributed by atoms with Gasteiger partial charge in [0.2, 0.25) is 10.0 Å². The Bertz CT molecular complexity index is 1390. The van der Waals surface area contributed by atoms with Gasteiger partial charge in [-0.25, -0.2) is 13.1 Å². The highest BCUT2D eigenvalue weighted by atomic mass is 32.2. The molecule has 8 atom stereocenters. The van der Waals surface area contributed by atoms with Gasteiger partial charge in [0.1, 0.15) is 6.07 Å². The Morgan fingerprint density at radius 2 is 1.62 bits per heavy atom. The fraction of sp³-hybridized carbons (Fsp3) is 0.818. The highest BCUT2D eigenvalue weighted by molar-refractivity contribution is 7.89. The average Bonchev–Trinajstić information content (AvgIpc) is 2.82. The van der Waals surface area contributed by atoms with E-state index in [1.54, 1.807) is 0 Å². The van der Waals surface area contributed by atoms with Crippen molar-refractivity contribution in [3.05, 3.63) is 23.8 Å². The summed E-state index contributed by atoms with van der Waals surface area (Å²) in [6, 6.07) is 2.19. The number of carbonyl (C=O) groups is 1. The van der Waals surface area contributed by atoms with Crippen LogP contribution < -0.4 is 4.72 Å². The zero-order chi connectivity index (χ0) is 31.5. The van der Waals surface area contributed by atoms with Crippen molar-refractivity contribution in [2.75, 3.05) is 5.75 Å². The Labute approximate surface area is 249 Å². The molecule has 4 saturated carbocycles. The second kappa shape index (κ2) is 9.19. The van der Waals surface area contributed by atoms with Gasteiger partial charge in [-0.3, -0.25) is 4.79 Å². The molecule has 0 radical (unpaired) electrons. The van der Waals surface area contributed by atoms with E-state index in [2.05, 4.69) is 52.0 Å². The number of fused-ring (bicyclic) bond motifs is 7. The Hall–Kier alpha value is -1.66. The number of nitrogens with zero attached hydrogens (tertiary/aromatic N) is 1. The highest BCUT2D eigenvalue weighted by Gasteiger charge is 2.71. The minimum Gasteiger partial charge on any atom is -0.293 e. The number of carbonyl (C=O) groups excluding carboxylic acids is 1. The van der Waals surface area contributed by atoms with Crippen LogP contribution in [0.5, 0.6) is 0 Å². The summed E-state index contributed by atoms with van der Waals surface area (Å²) in [5, 5.41) is 9.94. The average molecular weight is 609 g/mol. The predicted octanol–water partition coefficient (Wildman–Crippen LogP) is 7.51. The number of halogens is 3. The molecule has 0 aliphatic heterocycles. The maximum absolute atomic E-state index is 13.3. The quantitative estimate of drug-likeness (QED) is 0.336. The van der Waals surface area contributed by atoms with Gasteiger partial charge in [-0.1, -0.05) is 66.7 Å². The van der Waals surface area contributed by atoms with Crippen molar-refractivity contribution in [2.45, 2.75) is 112 Å². The van der Waals surface area contributed by atoms with Gasteiger partial charge in [0.05, 0.1) is 5.57 Å². The molecule has 42 heavy (non-hydrogen) atoms. The first-order valence-electron chi connectivity index (χ1n) is 15.4. The van der Waals surface area contributed by atoms with Crippen LogP contribution in [0.25, 0.3) is 0 Å². The van der Waals surface area contributed by atoms with Gasteiger partial charge in [-0.2, -0.15) is 18.4 Å². The smallest absolute Gasteiger partial charge is 0.293 e. The first-order chi connectivity index (χ1) is 19.0. The molecule has 5 nitrogen and oxygen atoms in total. The lowest BCUT2D eigenvalue weighted by Gasteiger charge is -2.73. The van der Waals surface area contributed by atoms with E-state index in [9.17, 15) is 31.6 Å². The lowest BCUT2D eigenvalue weighted by molar-refractivity contribution is -0.200. The van der Waals surface area contributed by atoms with Gasteiger partial charge >= 0.3 is 6.18 Å². The fourth-order valence-electron chi connectivity index (χ4n) is 11.3. The predicted molar refractivity (Wildman–Crippen MR) is 156 cm³/mol. The third-order valence-corrected chi connectivity index (χ3v) is 14.8. The number of rotatable bonds is 3. The highest BCUT2D eigenvalue weighted by Crippen LogP contribution is 2.76. The van der Waals surface area contributed by atoms with Crippen LogP contribution in [-0.4, -0.2) is 31.7 Å². The molecule has 2 unspecified atom stereocenters. The summed E-state index contributed by atoms with van der Waals surface area (Å²) >= 11 is 0. The number of hydrogen-bond acceptors (Lipinski definition) is 4. The Kier molecular flexibility index (Phi) is 6.95.